The van der Waals surface area contributed by atoms with E-state index >= 15 is 0 Å². The number of ether oxygens (including phenoxy) is 1. The number of anilines is 1. The van der Waals surface area contributed by atoms with Gasteiger partial charge in [0.2, 0.25) is 11.8 Å². The summed E-state index contributed by atoms with van der Waals surface area (Å²) in [5.74, 6) is 0.908. The molecule has 25 heavy (non-hydrogen) atoms. The largest absolute Gasteiger partial charge is 0.437 e. The molecule has 0 aliphatic heterocycles. The van der Waals surface area contributed by atoms with Gasteiger partial charge in [0.05, 0.1) is 5.41 Å². The Balaban J connectivity index is 0.00000288. The summed E-state index contributed by atoms with van der Waals surface area (Å²) in [6, 6.07) is 10.6. The number of amides is 1. The first-order valence-corrected chi connectivity index (χ1v) is 7.70. The molecule has 0 aliphatic rings. The van der Waals surface area contributed by atoms with Crippen LogP contribution >= 0.6 is 24.8 Å². The molecule has 2 aromatic rings. The summed E-state index contributed by atoms with van der Waals surface area (Å²) in [7, 11) is 0. The number of rotatable bonds is 7. The highest BCUT2D eigenvalue weighted by atomic mass is 35.5. The summed E-state index contributed by atoms with van der Waals surface area (Å²) < 4.78 is 5.62. The van der Waals surface area contributed by atoms with Crippen molar-refractivity contribution in [2.24, 2.45) is 11.1 Å². The van der Waals surface area contributed by atoms with Gasteiger partial charge in [-0.25, -0.2) is 0 Å². The molecule has 2 rings (SSSR count). The number of hydrogen-bond acceptors (Lipinski definition) is 5. The van der Waals surface area contributed by atoms with Crippen LogP contribution in [0.5, 0.6) is 11.6 Å². The number of aromatic nitrogens is 2. The number of hydrogen-bond donors (Lipinski definition) is 2. The molecule has 0 radical (unpaired) electrons. The van der Waals surface area contributed by atoms with Crippen molar-refractivity contribution in [2.75, 3.05) is 11.9 Å². The van der Waals surface area contributed by atoms with E-state index in [4.69, 9.17) is 10.5 Å². The first kappa shape index (κ1) is 23.1. The van der Waals surface area contributed by atoms with E-state index in [-0.39, 0.29) is 30.7 Å². The fraction of sp³-hybridized carbons (Fsp3) is 0.353. The number of nitrogens with two attached hydrogens (primary N) is 1. The third kappa shape index (κ3) is 5.85. The standard InChI is InChI=1S/C17H22N4O2.2ClH/c1-3-17(4-2,12-18)16(22)20-13-7-5-8-14(11-13)23-15-9-6-10-19-21-15;;/h5-11H,3-4,12,18H2,1-2H3,(H,20,22);2*1H. The minimum Gasteiger partial charge on any atom is -0.437 e. The molecule has 6 nitrogen and oxygen atoms in total. The van der Waals surface area contributed by atoms with Crippen molar-refractivity contribution in [2.45, 2.75) is 26.7 Å². The van der Waals surface area contributed by atoms with E-state index in [9.17, 15) is 4.79 Å². The minimum absolute atomic E-state index is 0. The monoisotopic (exact) mass is 386 g/mol. The van der Waals surface area contributed by atoms with E-state index in [0.717, 1.165) is 0 Å². The first-order valence-electron chi connectivity index (χ1n) is 7.70. The quantitative estimate of drug-likeness (QED) is 0.754. The summed E-state index contributed by atoms with van der Waals surface area (Å²) in [5.41, 5.74) is 5.94. The molecule has 138 valence electrons. The predicted molar refractivity (Wildman–Crippen MR) is 104 cm³/mol. The maximum absolute atomic E-state index is 12.5. The van der Waals surface area contributed by atoms with Crippen LogP contribution in [0.1, 0.15) is 26.7 Å². The molecule has 1 heterocycles. The van der Waals surface area contributed by atoms with Gasteiger partial charge in [-0.3, -0.25) is 4.79 Å². The van der Waals surface area contributed by atoms with E-state index < -0.39 is 5.41 Å². The second-order valence-corrected chi connectivity index (χ2v) is 5.34. The van der Waals surface area contributed by atoms with Crippen molar-refractivity contribution in [3.05, 3.63) is 42.6 Å². The molecule has 3 N–H and O–H groups in total. The predicted octanol–water partition coefficient (Wildman–Crippen LogP) is 3.82. The molecule has 1 amide bonds. The molecule has 0 atom stereocenters. The van der Waals surface area contributed by atoms with E-state index in [1.165, 1.54) is 0 Å². The van der Waals surface area contributed by atoms with Gasteiger partial charge >= 0.3 is 0 Å². The average Bonchev–Trinajstić information content (AvgIpc) is 2.58. The number of carbonyl (C=O) groups is 1. The van der Waals surface area contributed by atoms with E-state index in [1.54, 1.807) is 30.5 Å². The molecule has 1 aromatic heterocycles. The Kier molecular flexibility index (Phi) is 10.0. The molecule has 0 unspecified atom stereocenters. The maximum atomic E-state index is 12.5. The number of halogens is 2. The third-order valence-electron chi connectivity index (χ3n) is 4.09. The Morgan fingerprint density at radius 2 is 1.92 bits per heavy atom. The number of nitrogens with one attached hydrogen (secondary N) is 1. The zero-order valence-electron chi connectivity index (χ0n) is 14.3. The lowest BCUT2D eigenvalue weighted by Crippen LogP contribution is -2.41. The Bertz CT molecular complexity index is 644. The molecule has 0 aliphatic carbocycles. The Hall–Kier alpha value is -1.89. The molecular weight excluding hydrogens is 363 g/mol. The van der Waals surface area contributed by atoms with Crippen LogP contribution in [-0.4, -0.2) is 22.6 Å². The van der Waals surface area contributed by atoms with Crippen LogP contribution in [-0.2, 0) is 4.79 Å². The van der Waals surface area contributed by atoms with Gasteiger partial charge in [0.25, 0.3) is 0 Å². The lowest BCUT2D eigenvalue weighted by atomic mass is 9.81. The van der Waals surface area contributed by atoms with E-state index in [2.05, 4.69) is 15.5 Å². The van der Waals surface area contributed by atoms with Gasteiger partial charge in [-0.2, -0.15) is 5.10 Å². The molecule has 8 heteroatoms. The molecule has 0 saturated heterocycles. The maximum Gasteiger partial charge on any atom is 0.238 e. The second kappa shape index (κ2) is 10.9. The number of benzene rings is 1. The summed E-state index contributed by atoms with van der Waals surface area (Å²) in [6.07, 6.45) is 2.97. The number of carbonyl (C=O) groups excluding carboxylic acids is 1. The average molecular weight is 387 g/mol. The zero-order valence-corrected chi connectivity index (χ0v) is 15.9. The fourth-order valence-corrected chi connectivity index (χ4v) is 2.32. The van der Waals surface area contributed by atoms with Gasteiger partial charge in [0, 0.05) is 30.6 Å². The van der Waals surface area contributed by atoms with Crippen molar-refractivity contribution < 1.29 is 9.53 Å². The van der Waals surface area contributed by atoms with Gasteiger partial charge in [-0.05, 0) is 31.0 Å². The highest BCUT2D eigenvalue weighted by molar-refractivity contribution is 5.95. The Morgan fingerprint density at radius 3 is 2.48 bits per heavy atom. The van der Waals surface area contributed by atoms with Crippen LogP contribution in [0.3, 0.4) is 0 Å². The first-order chi connectivity index (χ1) is 11.1. The molecule has 0 fully saturated rings. The normalized spacial score (nSPS) is 10.2. The van der Waals surface area contributed by atoms with Crippen LogP contribution in [0, 0.1) is 5.41 Å². The van der Waals surface area contributed by atoms with Crippen LogP contribution in [0.15, 0.2) is 42.6 Å². The van der Waals surface area contributed by atoms with Gasteiger partial charge in [0.15, 0.2) is 0 Å². The van der Waals surface area contributed by atoms with Crippen molar-refractivity contribution in [1.82, 2.24) is 10.2 Å². The molecule has 1 aromatic carbocycles. The van der Waals surface area contributed by atoms with Gasteiger partial charge < -0.3 is 15.8 Å². The minimum atomic E-state index is -0.540. The number of nitrogens with zero attached hydrogens (tertiary/aromatic N) is 2. The summed E-state index contributed by atoms with van der Waals surface area (Å²) in [4.78, 5) is 12.5. The molecule has 0 bridgehead atoms. The van der Waals surface area contributed by atoms with Gasteiger partial charge in [-0.15, -0.1) is 29.9 Å². The smallest absolute Gasteiger partial charge is 0.238 e. The van der Waals surface area contributed by atoms with E-state index in [1.807, 2.05) is 26.0 Å². The molecule has 0 spiro atoms. The van der Waals surface area contributed by atoms with Crippen LogP contribution in [0.4, 0.5) is 5.69 Å². The zero-order chi connectivity index (χ0) is 16.7. The molecular formula is C17H24Cl2N4O2. The van der Waals surface area contributed by atoms with E-state index in [0.29, 0.717) is 36.7 Å². The van der Waals surface area contributed by atoms with Crippen LogP contribution in [0.2, 0.25) is 0 Å². The summed E-state index contributed by atoms with van der Waals surface area (Å²) in [5, 5.41) is 10.6. The van der Waals surface area contributed by atoms with Crippen molar-refractivity contribution in [3.8, 4) is 11.6 Å². The highest BCUT2D eigenvalue weighted by Crippen LogP contribution is 2.28. The van der Waals surface area contributed by atoms with Crippen LogP contribution in [0.25, 0.3) is 0 Å². The third-order valence-corrected chi connectivity index (χ3v) is 4.09. The van der Waals surface area contributed by atoms with Gasteiger partial charge in [-0.1, -0.05) is 19.9 Å². The highest BCUT2D eigenvalue weighted by Gasteiger charge is 2.33. The van der Waals surface area contributed by atoms with Crippen molar-refractivity contribution in [1.29, 1.82) is 0 Å². The Morgan fingerprint density at radius 1 is 1.20 bits per heavy atom. The summed E-state index contributed by atoms with van der Waals surface area (Å²) in [6.45, 7) is 4.27. The lowest BCUT2D eigenvalue weighted by molar-refractivity contribution is -0.125. The Labute approximate surface area is 160 Å². The van der Waals surface area contributed by atoms with Gasteiger partial charge in [0.1, 0.15) is 5.75 Å². The SMILES string of the molecule is CCC(CC)(CN)C(=O)Nc1cccc(Oc2cccnn2)c1.Cl.Cl. The lowest BCUT2D eigenvalue weighted by Gasteiger charge is -2.28. The van der Waals surface area contributed by atoms with Crippen molar-refractivity contribution >= 4 is 36.4 Å². The fourth-order valence-electron chi connectivity index (χ4n) is 2.32. The topological polar surface area (TPSA) is 90.1 Å². The molecule has 0 saturated carbocycles. The van der Waals surface area contributed by atoms with Crippen LogP contribution < -0.4 is 15.8 Å². The van der Waals surface area contributed by atoms with Crippen molar-refractivity contribution in [3.63, 3.8) is 0 Å². The second-order valence-electron chi connectivity index (χ2n) is 5.34. The summed E-state index contributed by atoms with van der Waals surface area (Å²) >= 11 is 0.